The summed E-state index contributed by atoms with van der Waals surface area (Å²) in [7, 11) is 0. The monoisotopic (exact) mass is 412 g/mol. The Morgan fingerprint density at radius 3 is 2.60 bits per heavy atom. The first kappa shape index (κ1) is 20.4. The van der Waals surface area contributed by atoms with E-state index in [1.807, 2.05) is 46.8 Å². The Balaban J connectivity index is 1.48. The van der Waals surface area contributed by atoms with Crippen molar-refractivity contribution >= 4 is 6.09 Å². The second kappa shape index (κ2) is 7.74. The van der Waals surface area contributed by atoms with E-state index in [4.69, 9.17) is 14.2 Å². The lowest BCUT2D eigenvalue weighted by Gasteiger charge is -2.34. The van der Waals surface area contributed by atoms with Crippen molar-refractivity contribution in [3.8, 4) is 17.5 Å². The molecule has 8 heteroatoms. The summed E-state index contributed by atoms with van der Waals surface area (Å²) in [5.74, 6) is 1.97. The third-order valence-corrected chi connectivity index (χ3v) is 5.47. The molecule has 2 aromatic rings. The van der Waals surface area contributed by atoms with Crippen molar-refractivity contribution < 1.29 is 19.0 Å². The molecule has 2 bridgehead atoms. The van der Waals surface area contributed by atoms with Gasteiger partial charge in [0, 0.05) is 12.7 Å². The molecule has 4 rings (SSSR count). The number of amides is 1. The van der Waals surface area contributed by atoms with Crippen molar-refractivity contribution in [2.75, 3.05) is 6.54 Å². The van der Waals surface area contributed by atoms with Gasteiger partial charge in [0.1, 0.15) is 18.0 Å². The van der Waals surface area contributed by atoms with E-state index in [1.165, 1.54) is 6.33 Å². The lowest BCUT2D eigenvalue weighted by Crippen LogP contribution is -2.48. The van der Waals surface area contributed by atoms with Gasteiger partial charge in [-0.2, -0.15) is 0 Å². The van der Waals surface area contributed by atoms with Gasteiger partial charge >= 0.3 is 6.09 Å². The number of carbonyl (C=O) groups is 1. The number of piperidine rings is 1. The average Bonchev–Trinajstić information content (AvgIpc) is 3.26. The molecule has 0 radical (unpaired) electrons. The van der Waals surface area contributed by atoms with Gasteiger partial charge in [-0.1, -0.05) is 0 Å². The average molecular weight is 412 g/mol. The number of pyridine rings is 1. The molecule has 1 saturated heterocycles. The van der Waals surface area contributed by atoms with Crippen LogP contribution in [0.4, 0.5) is 4.79 Å². The van der Waals surface area contributed by atoms with Crippen molar-refractivity contribution in [2.24, 2.45) is 5.92 Å². The Bertz CT molecular complexity index is 943. The largest absolute Gasteiger partial charge is 0.472 e. The molecule has 160 valence electrons. The Morgan fingerprint density at radius 1 is 1.13 bits per heavy atom. The lowest BCUT2D eigenvalue weighted by molar-refractivity contribution is 0.00197. The molecular formula is C22H28N4O4. The number of nitrogens with zero attached hydrogens (tertiary/aromatic N) is 4. The van der Waals surface area contributed by atoms with Gasteiger partial charge in [0.15, 0.2) is 5.75 Å². The minimum absolute atomic E-state index is 0.0100. The predicted molar refractivity (Wildman–Crippen MR) is 110 cm³/mol. The molecule has 2 aliphatic rings. The summed E-state index contributed by atoms with van der Waals surface area (Å²) < 4.78 is 17.8. The number of rotatable bonds is 4. The number of ether oxygens (including phenoxy) is 3. The number of hydrogen-bond donors (Lipinski definition) is 0. The maximum absolute atomic E-state index is 12.6. The molecule has 3 heterocycles. The summed E-state index contributed by atoms with van der Waals surface area (Å²) in [5, 5.41) is 0. The van der Waals surface area contributed by atoms with Crippen LogP contribution in [-0.4, -0.2) is 50.2 Å². The normalized spacial score (nSPS) is 22.8. The summed E-state index contributed by atoms with van der Waals surface area (Å²) in [4.78, 5) is 27.2. The van der Waals surface area contributed by atoms with Gasteiger partial charge in [-0.25, -0.2) is 14.8 Å². The fourth-order valence-corrected chi connectivity index (χ4v) is 4.09. The predicted octanol–water partition coefficient (Wildman–Crippen LogP) is 4.06. The van der Waals surface area contributed by atoms with Crippen LogP contribution in [0.15, 0.2) is 24.7 Å². The molecule has 8 nitrogen and oxygen atoms in total. The van der Waals surface area contributed by atoms with Crippen LogP contribution in [0, 0.1) is 19.8 Å². The van der Waals surface area contributed by atoms with E-state index in [1.54, 1.807) is 11.1 Å². The SMILES string of the molecule is Cc1ncccc1Oc1ncnc(O[C@H]2CC3CC2N(C(=O)OC(C)(C)C)C3)c1C. The van der Waals surface area contributed by atoms with Crippen LogP contribution < -0.4 is 9.47 Å². The standard InChI is InChI=1S/C22H28N4O4/c1-13-19(28-17-7-6-8-23-14(17)2)24-12-25-20(13)29-18-10-15-9-16(18)26(11-15)21(27)30-22(3,4)5/h6-8,12,15-16,18H,9-11H2,1-5H3/t15?,16?,18-/m0/s1. The van der Waals surface area contributed by atoms with Crippen LogP contribution in [0.2, 0.25) is 0 Å². The quantitative estimate of drug-likeness (QED) is 0.748. The van der Waals surface area contributed by atoms with E-state index in [2.05, 4.69) is 15.0 Å². The van der Waals surface area contributed by atoms with E-state index in [-0.39, 0.29) is 18.2 Å². The van der Waals surface area contributed by atoms with Crippen LogP contribution in [0.25, 0.3) is 0 Å². The van der Waals surface area contributed by atoms with Crippen molar-refractivity contribution in [1.29, 1.82) is 0 Å². The van der Waals surface area contributed by atoms with Crippen LogP contribution >= 0.6 is 0 Å². The van der Waals surface area contributed by atoms with E-state index in [9.17, 15) is 4.79 Å². The molecule has 1 amide bonds. The maximum atomic E-state index is 12.6. The number of hydrogen-bond acceptors (Lipinski definition) is 7. The van der Waals surface area contributed by atoms with Gasteiger partial charge in [0.05, 0.1) is 17.3 Å². The van der Waals surface area contributed by atoms with Gasteiger partial charge in [-0.15, -0.1) is 0 Å². The Morgan fingerprint density at radius 2 is 1.90 bits per heavy atom. The molecule has 0 N–H and O–H groups in total. The summed E-state index contributed by atoms with van der Waals surface area (Å²) in [6.45, 7) is 10.1. The van der Waals surface area contributed by atoms with Gasteiger partial charge in [-0.05, 0) is 65.5 Å². The van der Waals surface area contributed by atoms with E-state index < -0.39 is 5.60 Å². The zero-order valence-corrected chi connectivity index (χ0v) is 18.1. The highest BCUT2D eigenvalue weighted by Gasteiger charge is 2.49. The zero-order valence-electron chi connectivity index (χ0n) is 18.1. The molecule has 1 saturated carbocycles. The third kappa shape index (κ3) is 4.17. The smallest absolute Gasteiger partial charge is 0.410 e. The molecule has 1 aliphatic carbocycles. The molecule has 3 atom stereocenters. The topological polar surface area (TPSA) is 86.7 Å². The van der Waals surface area contributed by atoms with Crippen LogP contribution in [0.5, 0.6) is 17.5 Å². The lowest BCUT2D eigenvalue weighted by atomic mass is 10.1. The first-order chi connectivity index (χ1) is 14.2. The fraction of sp³-hybridized carbons (Fsp3) is 0.545. The van der Waals surface area contributed by atoms with Crippen LogP contribution in [0.1, 0.15) is 44.9 Å². The Hall–Kier alpha value is -2.90. The van der Waals surface area contributed by atoms with E-state index in [0.717, 1.165) is 25.1 Å². The highest BCUT2D eigenvalue weighted by molar-refractivity contribution is 5.69. The van der Waals surface area contributed by atoms with Gasteiger partial charge in [-0.3, -0.25) is 4.98 Å². The Labute approximate surface area is 176 Å². The summed E-state index contributed by atoms with van der Waals surface area (Å²) >= 11 is 0. The molecule has 30 heavy (non-hydrogen) atoms. The van der Waals surface area contributed by atoms with Gasteiger partial charge < -0.3 is 19.1 Å². The first-order valence-corrected chi connectivity index (χ1v) is 10.3. The van der Waals surface area contributed by atoms with Crippen molar-refractivity contribution in [1.82, 2.24) is 19.9 Å². The zero-order chi connectivity index (χ0) is 21.5. The molecule has 0 spiro atoms. The molecule has 2 fully saturated rings. The van der Waals surface area contributed by atoms with Crippen molar-refractivity contribution in [3.05, 3.63) is 35.9 Å². The van der Waals surface area contributed by atoms with Gasteiger partial charge in [0.25, 0.3) is 0 Å². The molecule has 0 aromatic carbocycles. The number of fused-ring (bicyclic) bond motifs is 2. The van der Waals surface area contributed by atoms with Crippen LogP contribution in [-0.2, 0) is 4.74 Å². The highest BCUT2D eigenvalue weighted by atomic mass is 16.6. The summed E-state index contributed by atoms with van der Waals surface area (Å²) in [6, 6.07) is 3.65. The van der Waals surface area contributed by atoms with Crippen molar-refractivity contribution in [3.63, 3.8) is 0 Å². The highest BCUT2D eigenvalue weighted by Crippen LogP contribution is 2.41. The number of likely N-dealkylation sites (tertiary alicyclic amines) is 1. The number of carbonyl (C=O) groups excluding carboxylic acids is 1. The number of aryl methyl sites for hydroxylation is 1. The molecule has 2 unspecified atom stereocenters. The first-order valence-electron chi connectivity index (χ1n) is 10.3. The summed E-state index contributed by atoms with van der Waals surface area (Å²) in [5.41, 5.74) is 0.973. The second-order valence-electron chi connectivity index (χ2n) is 8.99. The Kier molecular flexibility index (Phi) is 5.26. The van der Waals surface area contributed by atoms with E-state index >= 15 is 0 Å². The van der Waals surface area contributed by atoms with Crippen LogP contribution in [0.3, 0.4) is 0 Å². The minimum atomic E-state index is -0.519. The van der Waals surface area contributed by atoms with E-state index in [0.29, 0.717) is 29.0 Å². The maximum Gasteiger partial charge on any atom is 0.410 e. The second-order valence-corrected chi connectivity index (χ2v) is 8.99. The number of aromatic nitrogens is 3. The fourth-order valence-electron chi connectivity index (χ4n) is 4.09. The molecular weight excluding hydrogens is 384 g/mol. The minimum Gasteiger partial charge on any atom is -0.472 e. The third-order valence-electron chi connectivity index (χ3n) is 5.47. The molecule has 1 aliphatic heterocycles. The van der Waals surface area contributed by atoms with Crippen molar-refractivity contribution in [2.45, 2.75) is 65.2 Å². The van der Waals surface area contributed by atoms with Gasteiger partial charge in [0.2, 0.25) is 11.8 Å². The summed E-state index contributed by atoms with van der Waals surface area (Å²) in [6.07, 6.45) is 4.56. The molecule has 2 aromatic heterocycles.